The first-order valence-corrected chi connectivity index (χ1v) is 9.92. The molecule has 0 radical (unpaired) electrons. The van der Waals surface area contributed by atoms with Gasteiger partial charge in [-0.15, -0.1) is 0 Å². The molecule has 3 aromatic rings. The molecule has 1 amide bonds. The highest BCUT2D eigenvalue weighted by Crippen LogP contribution is 2.31. The number of amides is 1. The molecule has 0 bridgehead atoms. The van der Waals surface area contributed by atoms with Crippen LogP contribution >= 0.6 is 0 Å². The number of halogens is 3. The maximum atomic E-state index is 13.2. The molecule has 0 saturated carbocycles. The number of hydrogen-bond donors (Lipinski definition) is 2. The largest absolute Gasteiger partial charge is 0.405 e. The highest BCUT2D eigenvalue weighted by atomic mass is 19.4. The Morgan fingerprint density at radius 1 is 1.10 bits per heavy atom. The third-order valence-electron chi connectivity index (χ3n) is 4.89. The average Bonchev–Trinajstić information content (AvgIpc) is 2.73. The molecule has 3 rings (SSSR count). The maximum absolute atomic E-state index is 13.2. The number of fused-ring (bicyclic) bond motifs is 1. The fourth-order valence-electron chi connectivity index (χ4n) is 3.62. The topological polar surface area (TPSA) is 77.1 Å². The van der Waals surface area contributed by atoms with Crippen molar-refractivity contribution in [1.82, 2.24) is 9.88 Å². The fraction of sp³-hybridized carbons (Fsp3) is 0.304. The number of alkyl halides is 3. The normalized spacial score (nSPS) is 11.8. The van der Waals surface area contributed by atoms with Gasteiger partial charge < -0.3 is 15.6 Å². The van der Waals surface area contributed by atoms with Crippen LogP contribution in [0.2, 0.25) is 0 Å². The molecule has 0 fully saturated rings. The molecule has 1 heterocycles. The van der Waals surface area contributed by atoms with Crippen molar-refractivity contribution in [2.45, 2.75) is 33.1 Å². The van der Waals surface area contributed by atoms with Gasteiger partial charge in [0.2, 0.25) is 0 Å². The molecule has 164 valence electrons. The van der Waals surface area contributed by atoms with Gasteiger partial charge in [0.05, 0.1) is 0 Å². The van der Waals surface area contributed by atoms with E-state index in [1.54, 1.807) is 4.57 Å². The zero-order valence-corrected chi connectivity index (χ0v) is 17.3. The number of carbonyl (C=O) groups is 1. The van der Waals surface area contributed by atoms with E-state index in [0.29, 0.717) is 28.6 Å². The van der Waals surface area contributed by atoms with Crippen LogP contribution in [-0.2, 0) is 13.1 Å². The van der Waals surface area contributed by atoms with Crippen molar-refractivity contribution in [1.29, 1.82) is 0 Å². The lowest BCUT2D eigenvalue weighted by molar-refractivity contribution is -0.123. The van der Waals surface area contributed by atoms with Gasteiger partial charge in [0.25, 0.3) is 11.5 Å². The second-order valence-electron chi connectivity index (χ2n) is 7.76. The number of aromatic nitrogens is 1. The van der Waals surface area contributed by atoms with Gasteiger partial charge in [-0.05, 0) is 35.1 Å². The molecule has 2 aromatic carbocycles. The van der Waals surface area contributed by atoms with Gasteiger partial charge >= 0.3 is 6.18 Å². The van der Waals surface area contributed by atoms with Crippen LogP contribution in [0.15, 0.2) is 53.3 Å². The predicted molar refractivity (Wildman–Crippen MR) is 115 cm³/mol. The monoisotopic (exact) mass is 431 g/mol. The zero-order chi connectivity index (χ0) is 22.8. The summed E-state index contributed by atoms with van der Waals surface area (Å²) in [6.45, 7) is 3.11. The lowest BCUT2D eigenvalue weighted by atomic mass is 9.95. The third kappa shape index (κ3) is 4.96. The molecule has 0 spiro atoms. The molecule has 1 aromatic heterocycles. The van der Waals surface area contributed by atoms with Crippen LogP contribution in [0.3, 0.4) is 0 Å². The summed E-state index contributed by atoms with van der Waals surface area (Å²) >= 11 is 0. The number of nitrogens with zero attached hydrogens (tertiary/aromatic N) is 1. The van der Waals surface area contributed by atoms with Crippen molar-refractivity contribution in [3.63, 3.8) is 0 Å². The van der Waals surface area contributed by atoms with Gasteiger partial charge in [-0.3, -0.25) is 9.59 Å². The minimum absolute atomic E-state index is 0.0397. The quantitative estimate of drug-likeness (QED) is 0.618. The van der Waals surface area contributed by atoms with Crippen molar-refractivity contribution < 1.29 is 18.0 Å². The van der Waals surface area contributed by atoms with E-state index in [4.69, 9.17) is 5.73 Å². The van der Waals surface area contributed by atoms with Gasteiger partial charge in [-0.25, -0.2) is 0 Å². The summed E-state index contributed by atoms with van der Waals surface area (Å²) in [5, 5.41) is 2.73. The Morgan fingerprint density at radius 3 is 2.35 bits per heavy atom. The summed E-state index contributed by atoms with van der Waals surface area (Å²) < 4.78 is 39.1. The Bertz CT molecular complexity index is 1150. The Hall–Kier alpha value is -3.13. The van der Waals surface area contributed by atoms with Crippen LogP contribution in [0, 0.1) is 5.92 Å². The molecule has 0 aliphatic heterocycles. The van der Waals surface area contributed by atoms with E-state index in [-0.39, 0.29) is 23.6 Å². The van der Waals surface area contributed by atoms with Crippen molar-refractivity contribution in [3.8, 4) is 11.1 Å². The predicted octanol–water partition coefficient (Wildman–Crippen LogP) is 4.08. The van der Waals surface area contributed by atoms with Gasteiger partial charge in [-0.1, -0.05) is 44.2 Å². The summed E-state index contributed by atoms with van der Waals surface area (Å²) in [4.78, 5) is 25.5. The van der Waals surface area contributed by atoms with Crippen LogP contribution in [0.5, 0.6) is 0 Å². The molecule has 0 saturated heterocycles. The molecule has 5 nitrogen and oxygen atoms in total. The SMILES string of the molecule is CC(C)Cn1c(CN)c(-c2ccccc2)c2cc(C(=O)NCC(F)(F)F)ccc2c1=O. The second kappa shape index (κ2) is 8.93. The standard InChI is InChI=1S/C23H24F3N3O2/c1-14(2)12-29-19(11-27)20(15-6-4-3-5-7-15)18-10-16(8-9-17(18)22(29)31)21(30)28-13-23(24,25)26/h3-10,14H,11-13,27H2,1-2H3,(H,28,30). The number of rotatable bonds is 6. The molecular formula is C23H24F3N3O2. The number of hydrogen-bond acceptors (Lipinski definition) is 3. The number of nitrogens with two attached hydrogens (primary N) is 1. The van der Waals surface area contributed by atoms with E-state index >= 15 is 0 Å². The third-order valence-corrected chi connectivity index (χ3v) is 4.89. The van der Waals surface area contributed by atoms with Gasteiger partial charge in [-0.2, -0.15) is 13.2 Å². The number of carbonyl (C=O) groups excluding carboxylic acids is 1. The maximum Gasteiger partial charge on any atom is 0.405 e. The van der Waals surface area contributed by atoms with E-state index in [9.17, 15) is 22.8 Å². The Balaban J connectivity index is 2.27. The van der Waals surface area contributed by atoms with E-state index in [1.807, 2.05) is 49.5 Å². The Labute approximate surface area is 177 Å². The van der Waals surface area contributed by atoms with Crippen LogP contribution in [0.4, 0.5) is 13.2 Å². The molecule has 3 N–H and O–H groups in total. The van der Waals surface area contributed by atoms with Crippen molar-refractivity contribution in [2.75, 3.05) is 6.54 Å². The highest BCUT2D eigenvalue weighted by molar-refractivity contribution is 6.03. The number of nitrogens with one attached hydrogen (secondary N) is 1. The molecular weight excluding hydrogens is 407 g/mol. The molecule has 0 atom stereocenters. The number of pyridine rings is 1. The Morgan fingerprint density at radius 2 is 1.77 bits per heavy atom. The van der Waals surface area contributed by atoms with E-state index in [1.165, 1.54) is 18.2 Å². The lowest BCUT2D eigenvalue weighted by Crippen LogP contribution is -2.33. The van der Waals surface area contributed by atoms with Gasteiger partial charge in [0, 0.05) is 35.3 Å². The first-order chi connectivity index (χ1) is 14.6. The van der Waals surface area contributed by atoms with Crippen LogP contribution in [-0.4, -0.2) is 23.2 Å². The molecule has 8 heteroatoms. The van der Waals surface area contributed by atoms with E-state index in [0.717, 1.165) is 5.56 Å². The smallest absolute Gasteiger partial charge is 0.343 e. The molecule has 31 heavy (non-hydrogen) atoms. The van der Waals surface area contributed by atoms with Gasteiger partial charge in [0.15, 0.2) is 0 Å². The van der Waals surface area contributed by atoms with Crippen LogP contribution in [0.1, 0.15) is 29.9 Å². The minimum atomic E-state index is -4.51. The van der Waals surface area contributed by atoms with E-state index < -0.39 is 18.6 Å². The first kappa shape index (κ1) is 22.6. The van der Waals surface area contributed by atoms with Gasteiger partial charge in [0.1, 0.15) is 6.54 Å². The zero-order valence-electron chi connectivity index (χ0n) is 17.3. The number of benzene rings is 2. The van der Waals surface area contributed by atoms with E-state index in [2.05, 4.69) is 0 Å². The summed E-state index contributed by atoms with van der Waals surface area (Å²) in [5.74, 6) is -0.671. The first-order valence-electron chi connectivity index (χ1n) is 9.92. The molecule has 0 aliphatic carbocycles. The molecule has 0 aliphatic rings. The van der Waals surface area contributed by atoms with Crippen LogP contribution in [0.25, 0.3) is 21.9 Å². The second-order valence-corrected chi connectivity index (χ2v) is 7.76. The Kier molecular flexibility index (Phi) is 6.50. The van der Waals surface area contributed by atoms with Crippen molar-refractivity contribution in [2.24, 2.45) is 11.7 Å². The minimum Gasteiger partial charge on any atom is -0.343 e. The average molecular weight is 431 g/mol. The summed E-state index contributed by atoms with van der Waals surface area (Å²) in [5.41, 5.74) is 7.97. The van der Waals surface area contributed by atoms with Crippen molar-refractivity contribution in [3.05, 3.63) is 70.1 Å². The fourth-order valence-corrected chi connectivity index (χ4v) is 3.62. The summed E-state index contributed by atoms with van der Waals surface area (Å²) in [6, 6.07) is 13.6. The van der Waals surface area contributed by atoms with Crippen molar-refractivity contribution >= 4 is 16.7 Å². The van der Waals surface area contributed by atoms with Crippen LogP contribution < -0.4 is 16.6 Å². The summed E-state index contributed by atoms with van der Waals surface area (Å²) in [7, 11) is 0. The lowest BCUT2D eigenvalue weighted by Gasteiger charge is -2.21. The summed E-state index contributed by atoms with van der Waals surface area (Å²) in [6.07, 6.45) is -4.51. The molecule has 0 unspecified atom stereocenters. The highest BCUT2D eigenvalue weighted by Gasteiger charge is 2.28.